The number of fused-ring (bicyclic) bond motifs is 4. The van der Waals surface area contributed by atoms with Crippen LogP contribution in [0.25, 0.3) is 0 Å². The lowest BCUT2D eigenvalue weighted by Gasteiger charge is -2.51. The zero-order chi connectivity index (χ0) is 19.3. The third-order valence-electron chi connectivity index (χ3n) is 6.60. The van der Waals surface area contributed by atoms with Gasteiger partial charge in [-0.3, -0.25) is 0 Å². The first-order chi connectivity index (χ1) is 13.6. The van der Waals surface area contributed by atoms with E-state index in [0.29, 0.717) is 6.04 Å². The molecule has 1 atom stereocenters. The van der Waals surface area contributed by atoms with Crippen molar-refractivity contribution < 1.29 is 4.74 Å². The average Bonchev–Trinajstić information content (AvgIpc) is 3.16. The fraction of sp³-hybridized carbons (Fsp3) is 0.458. The topological polar surface area (TPSA) is 28.1 Å². The standard InChI is InChI=1S/C24H29N3O/c1-17(2)26-14-12-24(13-15-26)27-22(20-6-4-5-7-23(20)28-24)16-21(25-27)19-10-8-18(3)9-11-19/h4-11,17,22H,12-16H2,1-3H3/t22-/m1/s1. The van der Waals surface area contributed by atoms with E-state index in [2.05, 4.69) is 79.2 Å². The van der Waals surface area contributed by atoms with Crippen molar-refractivity contribution in [3.8, 4) is 5.75 Å². The molecule has 0 bridgehead atoms. The Morgan fingerprint density at radius 3 is 2.46 bits per heavy atom. The molecule has 146 valence electrons. The van der Waals surface area contributed by atoms with E-state index < -0.39 is 0 Å². The summed E-state index contributed by atoms with van der Waals surface area (Å²) >= 11 is 0. The molecule has 1 saturated heterocycles. The molecule has 0 amide bonds. The molecule has 0 aliphatic carbocycles. The summed E-state index contributed by atoms with van der Waals surface area (Å²) in [4.78, 5) is 2.55. The smallest absolute Gasteiger partial charge is 0.200 e. The molecule has 28 heavy (non-hydrogen) atoms. The van der Waals surface area contributed by atoms with Gasteiger partial charge in [0.05, 0.1) is 11.8 Å². The third kappa shape index (κ3) is 2.82. The molecule has 3 aliphatic heterocycles. The summed E-state index contributed by atoms with van der Waals surface area (Å²) in [5, 5.41) is 7.47. The van der Waals surface area contributed by atoms with Crippen LogP contribution in [0.2, 0.25) is 0 Å². The van der Waals surface area contributed by atoms with Crippen molar-refractivity contribution >= 4 is 5.71 Å². The number of hydrogen-bond donors (Lipinski definition) is 0. The highest BCUT2D eigenvalue weighted by molar-refractivity contribution is 6.02. The summed E-state index contributed by atoms with van der Waals surface area (Å²) in [5.74, 6) is 1.04. The molecule has 0 aromatic heterocycles. The Hall–Kier alpha value is -2.33. The first-order valence-electron chi connectivity index (χ1n) is 10.5. The largest absolute Gasteiger partial charge is 0.466 e. The van der Waals surface area contributed by atoms with E-state index in [0.717, 1.165) is 38.1 Å². The molecule has 0 unspecified atom stereocenters. The van der Waals surface area contributed by atoms with E-state index in [1.165, 1.54) is 22.4 Å². The predicted molar refractivity (Wildman–Crippen MR) is 113 cm³/mol. The van der Waals surface area contributed by atoms with E-state index >= 15 is 0 Å². The average molecular weight is 376 g/mol. The Labute approximate surface area is 167 Å². The number of para-hydroxylation sites is 1. The van der Waals surface area contributed by atoms with E-state index in [9.17, 15) is 0 Å². The third-order valence-corrected chi connectivity index (χ3v) is 6.60. The van der Waals surface area contributed by atoms with E-state index in [-0.39, 0.29) is 11.8 Å². The number of nitrogens with zero attached hydrogens (tertiary/aromatic N) is 3. The Morgan fingerprint density at radius 1 is 1.04 bits per heavy atom. The van der Waals surface area contributed by atoms with Crippen LogP contribution in [-0.2, 0) is 0 Å². The summed E-state index contributed by atoms with van der Waals surface area (Å²) in [6, 6.07) is 18.1. The number of benzene rings is 2. The van der Waals surface area contributed by atoms with E-state index in [1.54, 1.807) is 0 Å². The molecule has 0 saturated carbocycles. The highest BCUT2D eigenvalue weighted by Crippen LogP contribution is 2.49. The summed E-state index contributed by atoms with van der Waals surface area (Å²) in [5.41, 5.74) is 4.64. The van der Waals surface area contributed by atoms with Gasteiger partial charge >= 0.3 is 0 Å². The van der Waals surface area contributed by atoms with Gasteiger partial charge in [-0.15, -0.1) is 0 Å². The van der Waals surface area contributed by atoms with Crippen LogP contribution in [0.3, 0.4) is 0 Å². The maximum atomic E-state index is 6.70. The molecule has 3 aliphatic rings. The molecule has 5 rings (SSSR count). The highest BCUT2D eigenvalue weighted by Gasteiger charge is 2.51. The Balaban J connectivity index is 1.53. The molecule has 4 heteroatoms. The lowest BCUT2D eigenvalue weighted by Crippen LogP contribution is -2.59. The second-order valence-electron chi connectivity index (χ2n) is 8.69. The van der Waals surface area contributed by atoms with Gasteiger partial charge < -0.3 is 9.64 Å². The lowest BCUT2D eigenvalue weighted by molar-refractivity contribution is -0.152. The highest BCUT2D eigenvalue weighted by atomic mass is 16.5. The van der Waals surface area contributed by atoms with Crippen LogP contribution >= 0.6 is 0 Å². The first kappa shape index (κ1) is 17.7. The molecule has 0 N–H and O–H groups in total. The summed E-state index contributed by atoms with van der Waals surface area (Å²) in [7, 11) is 0. The predicted octanol–water partition coefficient (Wildman–Crippen LogP) is 4.74. The molecule has 3 heterocycles. The minimum Gasteiger partial charge on any atom is -0.466 e. The van der Waals surface area contributed by atoms with Crippen LogP contribution in [0.15, 0.2) is 53.6 Å². The van der Waals surface area contributed by atoms with E-state index in [1.807, 2.05) is 0 Å². The van der Waals surface area contributed by atoms with Crippen molar-refractivity contribution in [2.75, 3.05) is 13.1 Å². The van der Waals surface area contributed by atoms with Gasteiger partial charge in [-0.1, -0.05) is 48.0 Å². The van der Waals surface area contributed by atoms with Crippen LogP contribution in [0, 0.1) is 6.92 Å². The van der Waals surface area contributed by atoms with E-state index in [4.69, 9.17) is 9.84 Å². The molecule has 1 fully saturated rings. The van der Waals surface area contributed by atoms with Gasteiger partial charge in [0.25, 0.3) is 0 Å². The number of rotatable bonds is 2. The second-order valence-corrected chi connectivity index (χ2v) is 8.69. The number of piperidine rings is 1. The number of hydrazone groups is 1. The minimum atomic E-state index is -0.323. The van der Waals surface area contributed by atoms with Crippen LogP contribution in [0.1, 0.15) is 55.8 Å². The Bertz CT molecular complexity index is 894. The molecular formula is C24H29N3O. The van der Waals surface area contributed by atoms with Crippen LogP contribution < -0.4 is 4.74 Å². The monoisotopic (exact) mass is 375 g/mol. The zero-order valence-electron chi connectivity index (χ0n) is 17.1. The molecule has 2 aromatic rings. The fourth-order valence-electron chi connectivity index (χ4n) is 4.87. The number of likely N-dealkylation sites (tertiary alicyclic amines) is 1. The van der Waals surface area contributed by atoms with Crippen LogP contribution in [0.5, 0.6) is 5.75 Å². The van der Waals surface area contributed by atoms with Gasteiger partial charge in [0.2, 0.25) is 5.72 Å². The molecule has 1 spiro atoms. The molecule has 0 radical (unpaired) electrons. The van der Waals surface area contributed by atoms with Gasteiger partial charge in [-0.25, -0.2) is 5.01 Å². The van der Waals surface area contributed by atoms with Gasteiger partial charge in [0.1, 0.15) is 5.75 Å². The second kappa shape index (κ2) is 6.63. The maximum absolute atomic E-state index is 6.70. The minimum absolute atomic E-state index is 0.270. The summed E-state index contributed by atoms with van der Waals surface area (Å²) in [6.07, 6.45) is 2.92. The zero-order valence-corrected chi connectivity index (χ0v) is 17.1. The normalized spacial score (nSPS) is 23.4. The van der Waals surface area contributed by atoms with Crippen molar-refractivity contribution in [1.29, 1.82) is 0 Å². The van der Waals surface area contributed by atoms with Crippen LogP contribution in [-0.4, -0.2) is 40.5 Å². The van der Waals surface area contributed by atoms with Crippen LogP contribution in [0.4, 0.5) is 0 Å². The molecular weight excluding hydrogens is 346 g/mol. The summed E-state index contributed by atoms with van der Waals surface area (Å²) in [6.45, 7) is 8.80. The Morgan fingerprint density at radius 2 is 1.75 bits per heavy atom. The number of hydrogen-bond acceptors (Lipinski definition) is 4. The number of ether oxygens (including phenoxy) is 1. The number of aryl methyl sites for hydroxylation is 1. The van der Waals surface area contributed by atoms with Crippen molar-refractivity contribution in [1.82, 2.24) is 9.91 Å². The van der Waals surface area contributed by atoms with Gasteiger partial charge in [-0.2, -0.15) is 5.10 Å². The SMILES string of the molecule is Cc1ccc(C2=NN3[C@H](C2)c2ccccc2OC32CCN(C(C)C)CC2)cc1. The van der Waals surface area contributed by atoms with Crippen molar-refractivity contribution in [3.63, 3.8) is 0 Å². The maximum Gasteiger partial charge on any atom is 0.200 e. The van der Waals surface area contributed by atoms with Crippen molar-refractivity contribution in [3.05, 3.63) is 65.2 Å². The Kier molecular flexibility index (Phi) is 4.20. The van der Waals surface area contributed by atoms with Gasteiger partial charge in [-0.05, 0) is 32.4 Å². The van der Waals surface area contributed by atoms with Gasteiger partial charge in [0, 0.05) is 44.0 Å². The van der Waals surface area contributed by atoms with Crippen molar-refractivity contribution in [2.24, 2.45) is 5.10 Å². The van der Waals surface area contributed by atoms with Crippen molar-refractivity contribution in [2.45, 2.75) is 57.8 Å². The molecule has 2 aromatic carbocycles. The fourth-order valence-corrected chi connectivity index (χ4v) is 4.87. The first-order valence-corrected chi connectivity index (χ1v) is 10.5. The lowest BCUT2D eigenvalue weighted by atomic mass is 9.90. The van der Waals surface area contributed by atoms with Gasteiger partial charge in [0.15, 0.2) is 0 Å². The molecule has 4 nitrogen and oxygen atoms in total. The quantitative estimate of drug-likeness (QED) is 0.759. The summed E-state index contributed by atoms with van der Waals surface area (Å²) < 4.78 is 6.70.